The van der Waals surface area contributed by atoms with E-state index >= 15 is 0 Å². The predicted octanol–water partition coefficient (Wildman–Crippen LogP) is 2.02. The quantitative estimate of drug-likeness (QED) is 0.768. The molecular formula is C12H17NO3. The molecule has 0 fully saturated rings. The van der Waals surface area contributed by atoms with E-state index in [2.05, 4.69) is 5.48 Å². The average molecular weight is 223 g/mol. The number of aromatic hydroxyl groups is 1. The SMILES string of the molecule is Cc1ccc(C(=O)NOCC(C)C)cc1O. The maximum atomic E-state index is 11.5. The molecule has 0 aliphatic carbocycles. The van der Waals surface area contributed by atoms with Crippen LogP contribution in [0.3, 0.4) is 0 Å². The Hall–Kier alpha value is -1.55. The summed E-state index contributed by atoms with van der Waals surface area (Å²) in [6, 6.07) is 4.75. The molecule has 4 nitrogen and oxygen atoms in total. The molecule has 1 aromatic rings. The molecule has 0 aliphatic rings. The Morgan fingerprint density at radius 1 is 1.50 bits per heavy atom. The van der Waals surface area contributed by atoms with Crippen molar-refractivity contribution >= 4 is 5.91 Å². The number of nitrogens with one attached hydrogen (secondary N) is 1. The van der Waals surface area contributed by atoms with Crippen LogP contribution in [0.2, 0.25) is 0 Å². The van der Waals surface area contributed by atoms with Gasteiger partial charge in [0, 0.05) is 5.56 Å². The summed E-state index contributed by atoms with van der Waals surface area (Å²) < 4.78 is 0. The van der Waals surface area contributed by atoms with E-state index in [1.165, 1.54) is 6.07 Å². The minimum absolute atomic E-state index is 0.108. The van der Waals surface area contributed by atoms with Crippen molar-refractivity contribution in [1.29, 1.82) is 0 Å². The lowest BCUT2D eigenvalue weighted by Crippen LogP contribution is -2.25. The Kier molecular flexibility index (Phi) is 4.31. The van der Waals surface area contributed by atoms with Gasteiger partial charge in [0.15, 0.2) is 0 Å². The van der Waals surface area contributed by atoms with E-state index in [0.29, 0.717) is 18.1 Å². The first-order valence-electron chi connectivity index (χ1n) is 5.22. The number of hydrogen-bond acceptors (Lipinski definition) is 3. The maximum Gasteiger partial charge on any atom is 0.274 e. The molecule has 2 N–H and O–H groups in total. The number of hydrogen-bond donors (Lipinski definition) is 2. The third-order valence-corrected chi connectivity index (χ3v) is 2.05. The number of benzene rings is 1. The molecule has 0 aliphatic heterocycles. The van der Waals surface area contributed by atoms with Gasteiger partial charge in [0.25, 0.3) is 5.91 Å². The summed E-state index contributed by atoms with van der Waals surface area (Å²) in [5.74, 6) is 0.110. The third kappa shape index (κ3) is 3.55. The normalized spacial score (nSPS) is 10.5. The molecule has 1 rings (SSSR count). The van der Waals surface area contributed by atoms with Gasteiger partial charge in [-0.1, -0.05) is 19.9 Å². The zero-order chi connectivity index (χ0) is 12.1. The van der Waals surface area contributed by atoms with Crippen LogP contribution in [0.15, 0.2) is 18.2 Å². The highest BCUT2D eigenvalue weighted by atomic mass is 16.6. The number of aryl methyl sites for hydroxylation is 1. The summed E-state index contributed by atoms with van der Waals surface area (Å²) >= 11 is 0. The van der Waals surface area contributed by atoms with Crippen LogP contribution in [0.1, 0.15) is 29.8 Å². The zero-order valence-corrected chi connectivity index (χ0v) is 9.78. The van der Waals surface area contributed by atoms with Crippen LogP contribution in [0.4, 0.5) is 0 Å². The lowest BCUT2D eigenvalue weighted by Gasteiger charge is -2.08. The second-order valence-corrected chi connectivity index (χ2v) is 4.14. The molecule has 1 amide bonds. The first kappa shape index (κ1) is 12.5. The van der Waals surface area contributed by atoms with Gasteiger partial charge in [-0.2, -0.15) is 0 Å². The van der Waals surface area contributed by atoms with E-state index in [-0.39, 0.29) is 11.7 Å². The molecule has 0 unspecified atom stereocenters. The Labute approximate surface area is 95.2 Å². The third-order valence-electron chi connectivity index (χ3n) is 2.05. The van der Waals surface area contributed by atoms with Gasteiger partial charge in [-0.25, -0.2) is 5.48 Å². The van der Waals surface area contributed by atoms with Crippen LogP contribution in [0, 0.1) is 12.8 Å². The Morgan fingerprint density at radius 3 is 2.75 bits per heavy atom. The van der Waals surface area contributed by atoms with Crippen molar-refractivity contribution in [2.45, 2.75) is 20.8 Å². The van der Waals surface area contributed by atoms with E-state index < -0.39 is 0 Å². The van der Waals surface area contributed by atoms with Crippen LogP contribution < -0.4 is 5.48 Å². The first-order chi connectivity index (χ1) is 7.50. The van der Waals surface area contributed by atoms with Gasteiger partial charge in [-0.3, -0.25) is 9.63 Å². The molecule has 1 aromatic carbocycles. The van der Waals surface area contributed by atoms with E-state index in [1.807, 2.05) is 13.8 Å². The molecular weight excluding hydrogens is 206 g/mol. The minimum Gasteiger partial charge on any atom is -0.508 e. The fourth-order valence-electron chi connectivity index (χ4n) is 1.08. The van der Waals surface area contributed by atoms with Crippen LogP contribution in [-0.4, -0.2) is 17.6 Å². The van der Waals surface area contributed by atoms with Gasteiger partial charge in [0.2, 0.25) is 0 Å². The standard InChI is InChI=1S/C12H17NO3/c1-8(2)7-16-13-12(15)10-5-4-9(3)11(14)6-10/h4-6,8,14H,7H2,1-3H3,(H,13,15). The van der Waals surface area contributed by atoms with Crippen molar-refractivity contribution in [2.75, 3.05) is 6.61 Å². The fraction of sp³-hybridized carbons (Fsp3) is 0.417. The molecule has 0 spiro atoms. The Morgan fingerprint density at radius 2 is 2.19 bits per heavy atom. The number of amides is 1. The summed E-state index contributed by atoms with van der Waals surface area (Å²) in [6.07, 6.45) is 0. The average Bonchev–Trinajstić information content (AvgIpc) is 2.21. The lowest BCUT2D eigenvalue weighted by molar-refractivity contribution is 0.0208. The molecule has 0 aromatic heterocycles. The van der Waals surface area contributed by atoms with Crippen LogP contribution in [-0.2, 0) is 4.84 Å². The number of phenolic OH excluding ortho intramolecular Hbond substituents is 1. The number of carbonyl (C=O) groups excluding carboxylic acids is 1. The molecule has 0 saturated carbocycles. The highest BCUT2D eigenvalue weighted by Crippen LogP contribution is 2.17. The summed E-state index contributed by atoms with van der Waals surface area (Å²) in [7, 11) is 0. The highest BCUT2D eigenvalue weighted by Gasteiger charge is 2.07. The molecule has 16 heavy (non-hydrogen) atoms. The largest absolute Gasteiger partial charge is 0.508 e. The van der Waals surface area contributed by atoms with Crippen molar-refractivity contribution in [3.63, 3.8) is 0 Å². The molecule has 0 saturated heterocycles. The smallest absolute Gasteiger partial charge is 0.274 e. The second-order valence-electron chi connectivity index (χ2n) is 4.14. The van der Waals surface area contributed by atoms with Gasteiger partial charge in [0.1, 0.15) is 5.75 Å². The monoisotopic (exact) mass is 223 g/mol. The Balaban J connectivity index is 2.56. The van der Waals surface area contributed by atoms with E-state index in [9.17, 15) is 9.90 Å². The lowest BCUT2D eigenvalue weighted by atomic mass is 10.1. The zero-order valence-electron chi connectivity index (χ0n) is 9.78. The van der Waals surface area contributed by atoms with Crippen molar-refractivity contribution in [1.82, 2.24) is 5.48 Å². The fourth-order valence-corrected chi connectivity index (χ4v) is 1.08. The van der Waals surface area contributed by atoms with Gasteiger partial charge >= 0.3 is 0 Å². The predicted molar refractivity (Wildman–Crippen MR) is 61.1 cm³/mol. The number of rotatable bonds is 4. The molecule has 0 heterocycles. The van der Waals surface area contributed by atoms with Crippen molar-refractivity contribution in [3.8, 4) is 5.75 Å². The molecule has 0 radical (unpaired) electrons. The van der Waals surface area contributed by atoms with Crippen molar-refractivity contribution in [3.05, 3.63) is 29.3 Å². The Bertz CT molecular complexity index is 375. The van der Waals surface area contributed by atoms with E-state index in [1.54, 1.807) is 19.1 Å². The van der Waals surface area contributed by atoms with Gasteiger partial charge in [-0.15, -0.1) is 0 Å². The highest BCUT2D eigenvalue weighted by molar-refractivity contribution is 5.93. The summed E-state index contributed by atoms with van der Waals surface area (Å²) in [6.45, 7) is 6.21. The van der Waals surface area contributed by atoms with Gasteiger partial charge in [-0.05, 0) is 30.5 Å². The molecule has 0 atom stereocenters. The summed E-state index contributed by atoms with van der Waals surface area (Å²) in [5, 5.41) is 9.44. The number of phenols is 1. The maximum absolute atomic E-state index is 11.5. The van der Waals surface area contributed by atoms with Crippen molar-refractivity contribution in [2.24, 2.45) is 5.92 Å². The van der Waals surface area contributed by atoms with Crippen LogP contribution >= 0.6 is 0 Å². The summed E-state index contributed by atoms with van der Waals surface area (Å²) in [5.41, 5.74) is 3.44. The van der Waals surface area contributed by atoms with Crippen LogP contribution in [0.25, 0.3) is 0 Å². The first-order valence-corrected chi connectivity index (χ1v) is 5.22. The number of carbonyl (C=O) groups is 1. The van der Waals surface area contributed by atoms with E-state index in [0.717, 1.165) is 5.56 Å². The molecule has 88 valence electrons. The topological polar surface area (TPSA) is 58.6 Å². The van der Waals surface area contributed by atoms with Gasteiger partial charge in [0.05, 0.1) is 6.61 Å². The summed E-state index contributed by atoms with van der Waals surface area (Å²) in [4.78, 5) is 16.5. The van der Waals surface area contributed by atoms with Crippen LogP contribution in [0.5, 0.6) is 5.75 Å². The van der Waals surface area contributed by atoms with Gasteiger partial charge < -0.3 is 5.11 Å². The van der Waals surface area contributed by atoms with Crippen molar-refractivity contribution < 1.29 is 14.7 Å². The molecule has 0 bridgehead atoms. The second kappa shape index (κ2) is 5.51. The number of hydroxylamine groups is 1. The van der Waals surface area contributed by atoms with E-state index in [4.69, 9.17) is 4.84 Å². The minimum atomic E-state index is -0.351. The molecule has 4 heteroatoms.